The number of hydrogen-bond acceptors (Lipinski definition) is 3. The number of hydrogen-bond donors (Lipinski definition) is 1. The summed E-state index contributed by atoms with van der Waals surface area (Å²) in [4.78, 5) is 8.52. The Kier molecular flexibility index (Phi) is 5.35. The van der Waals surface area contributed by atoms with Gasteiger partial charge in [0.25, 0.3) is 0 Å². The van der Waals surface area contributed by atoms with Gasteiger partial charge in [0.15, 0.2) is 23.3 Å². The van der Waals surface area contributed by atoms with Crippen molar-refractivity contribution in [2.75, 3.05) is 0 Å². The fourth-order valence-electron chi connectivity index (χ4n) is 3.75. The van der Waals surface area contributed by atoms with Crippen molar-refractivity contribution in [2.45, 2.75) is 26.2 Å². The average Bonchev–Trinajstić information content (AvgIpc) is 2.73. The first kappa shape index (κ1) is 20.8. The van der Waals surface area contributed by atoms with E-state index in [-0.39, 0.29) is 29.3 Å². The Morgan fingerprint density at radius 3 is 2.26 bits per heavy atom. The fourth-order valence-corrected chi connectivity index (χ4v) is 3.75. The molecule has 0 saturated carbocycles. The lowest BCUT2D eigenvalue weighted by molar-refractivity contribution is 0.426. The minimum atomic E-state index is -1.51. The molecule has 2 aromatic heterocycles. The number of phenolic OH excluding ortho intramolecular Hbond substituents is 1. The van der Waals surface area contributed by atoms with Crippen LogP contribution in [-0.4, -0.2) is 15.1 Å². The highest BCUT2D eigenvalue weighted by Crippen LogP contribution is 2.40. The Morgan fingerprint density at radius 1 is 0.903 bits per heavy atom. The van der Waals surface area contributed by atoms with Gasteiger partial charge in [-0.1, -0.05) is 18.2 Å². The van der Waals surface area contributed by atoms with E-state index < -0.39 is 34.8 Å². The molecule has 4 rings (SSSR count). The Bertz CT molecular complexity index is 1280. The third-order valence-electron chi connectivity index (χ3n) is 5.26. The second-order valence-electron chi connectivity index (χ2n) is 7.49. The van der Waals surface area contributed by atoms with Crippen LogP contribution in [0.3, 0.4) is 0 Å². The molecule has 3 nitrogen and oxygen atoms in total. The molecule has 0 aliphatic carbocycles. The van der Waals surface area contributed by atoms with Gasteiger partial charge in [0.1, 0.15) is 11.3 Å². The third-order valence-corrected chi connectivity index (χ3v) is 5.26. The summed E-state index contributed by atoms with van der Waals surface area (Å²) in [6.07, 6.45) is 1.44. The summed E-state index contributed by atoms with van der Waals surface area (Å²) in [6, 6.07) is 10.3. The number of nitrogens with zero attached hydrogens (tertiary/aromatic N) is 2. The molecule has 1 unspecified atom stereocenters. The summed E-state index contributed by atoms with van der Waals surface area (Å²) in [5.74, 6) is -7.58. The summed E-state index contributed by atoms with van der Waals surface area (Å²) in [5.41, 5.74) is 1.46. The van der Waals surface area contributed by atoms with Crippen molar-refractivity contribution in [3.63, 3.8) is 0 Å². The van der Waals surface area contributed by atoms with E-state index in [1.165, 1.54) is 12.3 Å². The topological polar surface area (TPSA) is 46.0 Å². The number of aromatic hydroxyl groups is 1. The van der Waals surface area contributed by atoms with Gasteiger partial charge in [0.2, 0.25) is 0 Å². The zero-order valence-corrected chi connectivity index (χ0v) is 16.8. The Hall–Kier alpha value is -3.48. The normalized spacial score (nSPS) is 12.3. The number of aryl methyl sites for hydroxylation is 2. The first-order valence-corrected chi connectivity index (χ1v) is 9.60. The molecule has 2 heterocycles. The second kappa shape index (κ2) is 7.98. The number of pyridine rings is 2. The molecule has 158 valence electrons. The van der Waals surface area contributed by atoms with Gasteiger partial charge in [-0.25, -0.2) is 22.5 Å². The third kappa shape index (κ3) is 3.83. The highest BCUT2D eigenvalue weighted by Gasteiger charge is 2.30. The molecule has 0 aliphatic heterocycles. The lowest BCUT2D eigenvalue weighted by Gasteiger charge is -2.21. The molecule has 1 atom stereocenters. The van der Waals surface area contributed by atoms with Crippen LogP contribution in [0.15, 0.2) is 48.7 Å². The van der Waals surface area contributed by atoms with Gasteiger partial charge in [-0.2, -0.15) is 0 Å². The second-order valence-corrected chi connectivity index (χ2v) is 7.49. The molecule has 0 radical (unpaired) electrons. The van der Waals surface area contributed by atoms with E-state index in [9.17, 15) is 22.7 Å². The molecule has 2 aromatic carbocycles. The minimum Gasteiger partial charge on any atom is -0.505 e. The van der Waals surface area contributed by atoms with Gasteiger partial charge in [0, 0.05) is 52.5 Å². The van der Waals surface area contributed by atoms with Crippen molar-refractivity contribution in [3.8, 4) is 5.75 Å². The maximum absolute atomic E-state index is 14.8. The maximum atomic E-state index is 14.8. The van der Waals surface area contributed by atoms with Crippen LogP contribution in [0.5, 0.6) is 5.75 Å². The zero-order valence-electron chi connectivity index (χ0n) is 16.8. The molecule has 4 aromatic rings. The average molecular weight is 426 g/mol. The minimum absolute atomic E-state index is 0.0940. The molecule has 31 heavy (non-hydrogen) atoms. The zero-order chi connectivity index (χ0) is 22.3. The van der Waals surface area contributed by atoms with Crippen LogP contribution in [0.4, 0.5) is 17.6 Å². The number of halogens is 4. The smallest absolute Gasteiger partial charge is 0.165 e. The summed E-state index contributed by atoms with van der Waals surface area (Å²) in [6.45, 7) is 3.56. The summed E-state index contributed by atoms with van der Waals surface area (Å²) < 4.78 is 57.6. The van der Waals surface area contributed by atoms with Crippen LogP contribution >= 0.6 is 0 Å². The molecular weight excluding hydrogens is 408 g/mol. The van der Waals surface area contributed by atoms with Gasteiger partial charge < -0.3 is 5.11 Å². The lowest BCUT2D eigenvalue weighted by Crippen LogP contribution is -2.14. The van der Waals surface area contributed by atoms with Crippen LogP contribution < -0.4 is 0 Å². The predicted octanol–water partition coefficient (Wildman–Crippen LogP) is 5.88. The first-order chi connectivity index (χ1) is 14.8. The molecule has 0 aliphatic rings. The van der Waals surface area contributed by atoms with Gasteiger partial charge in [-0.3, -0.25) is 4.98 Å². The Labute approximate surface area is 176 Å². The molecule has 1 N–H and O–H groups in total. The number of fused-ring (bicyclic) bond motifs is 1. The van der Waals surface area contributed by atoms with E-state index in [4.69, 9.17) is 0 Å². The number of benzene rings is 2. The van der Waals surface area contributed by atoms with Crippen molar-refractivity contribution in [1.29, 1.82) is 0 Å². The molecule has 0 saturated heterocycles. The monoisotopic (exact) mass is 426 g/mol. The molecule has 0 bridgehead atoms. The summed E-state index contributed by atoms with van der Waals surface area (Å²) in [7, 11) is 0. The molecule has 7 heteroatoms. The van der Waals surface area contributed by atoms with Gasteiger partial charge in [-0.05, 0) is 37.6 Å². The molecule has 0 fully saturated rings. The van der Waals surface area contributed by atoms with Crippen molar-refractivity contribution < 1.29 is 22.7 Å². The van der Waals surface area contributed by atoms with Gasteiger partial charge in [-0.15, -0.1) is 0 Å². The van der Waals surface area contributed by atoms with E-state index in [0.29, 0.717) is 16.8 Å². The quantitative estimate of drug-likeness (QED) is 0.327. The number of aromatic nitrogens is 2. The first-order valence-electron chi connectivity index (χ1n) is 9.60. The van der Waals surface area contributed by atoms with Crippen molar-refractivity contribution in [1.82, 2.24) is 9.97 Å². The van der Waals surface area contributed by atoms with E-state index in [1.807, 2.05) is 6.92 Å². The standard InChI is InChI=1S/C24H18F4N2O/c1-12-7-8-29-15(9-12)10-17(20-21(27)18(25)11-19(26)22(20)28)16-6-5-14-4-3-13(2)30-23(14)24(16)31/h3-9,11,17,31H,10H2,1-2H3. The highest BCUT2D eigenvalue weighted by atomic mass is 19.2. The van der Waals surface area contributed by atoms with Crippen LogP contribution in [0.1, 0.15) is 34.0 Å². The van der Waals surface area contributed by atoms with E-state index in [1.54, 1.807) is 37.3 Å². The van der Waals surface area contributed by atoms with E-state index in [0.717, 1.165) is 5.56 Å². The number of rotatable bonds is 4. The van der Waals surface area contributed by atoms with Crippen molar-refractivity contribution in [2.24, 2.45) is 0 Å². The van der Waals surface area contributed by atoms with E-state index in [2.05, 4.69) is 9.97 Å². The largest absolute Gasteiger partial charge is 0.505 e. The Morgan fingerprint density at radius 2 is 1.58 bits per heavy atom. The van der Waals surface area contributed by atoms with Crippen molar-refractivity contribution >= 4 is 10.9 Å². The molecule has 0 amide bonds. The van der Waals surface area contributed by atoms with Crippen molar-refractivity contribution in [3.05, 3.63) is 100 Å². The fraction of sp³-hybridized carbons (Fsp3) is 0.167. The van der Waals surface area contributed by atoms with Crippen LogP contribution in [-0.2, 0) is 6.42 Å². The van der Waals surface area contributed by atoms with Crippen LogP contribution in [0.25, 0.3) is 10.9 Å². The maximum Gasteiger partial charge on any atom is 0.165 e. The van der Waals surface area contributed by atoms with Crippen LogP contribution in [0.2, 0.25) is 0 Å². The van der Waals surface area contributed by atoms with Gasteiger partial charge >= 0.3 is 0 Å². The van der Waals surface area contributed by atoms with Crippen LogP contribution in [0, 0.1) is 37.1 Å². The summed E-state index contributed by atoms with van der Waals surface area (Å²) in [5, 5.41) is 11.6. The number of phenols is 1. The highest BCUT2D eigenvalue weighted by molar-refractivity contribution is 5.86. The Balaban J connectivity index is 1.98. The van der Waals surface area contributed by atoms with E-state index >= 15 is 0 Å². The molecule has 0 spiro atoms. The molecular formula is C24H18F4N2O. The SMILES string of the molecule is Cc1ccnc(CC(c2ccc3ccc(C)nc3c2O)c2c(F)c(F)cc(F)c2F)c1. The summed E-state index contributed by atoms with van der Waals surface area (Å²) >= 11 is 0. The van der Waals surface area contributed by atoms with Gasteiger partial charge in [0.05, 0.1) is 0 Å². The predicted molar refractivity (Wildman–Crippen MR) is 109 cm³/mol. The lowest BCUT2D eigenvalue weighted by atomic mass is 9.85.